The maximum absolute atomic E-state index is 5.88. The van der Waals surface area contributed by atoms with Gasteiger partial charge in [-0.2, -0.15) is 0 Å². The van der Waals surface area contributed by atoms with E-state index in [0.29, 0.717) is 0 Å². The van der Waals surface area contributed by atoms with E-state index in [9.17, 15) is 0 Å². The summed E-state index contributed by atoms with van der Waals surface area (Å²) in [6.45, 7) is 14.2. The zero-order chi connectivity index (χ0) is 12.5. The van der Waals surface area contributed by atoms with Crippen LogP contribution in [0.1, 0.15) is 41.5 Å². The second-order valence-corrected chi connectivity index (χ2v) is 11.5. The van der Waals surface area contributed by atoms with Crippen molar-refractivity contribution in [3.63, 3.8) is 0 Å². The second-order valence-electron chi connectivity index (χ2n) is 5.70. The number of hydrogen-bond acceptors (Lipinski definition) is 1. The maximum atomic E-state index is 5.88. The summed E-state index contributed by atoms with van der Waals surface area (Å²) in [7, 11) is -1.55. The van der Waals surface area contributed by atoms with Crippen molar-refractivity contribution in [2.45, 2.75) is 58.2 Å². The van der Waals surface area contributed by atoms with Crippen molar-refractivity contribution in [3.05, 3.63) is 18.5 Å². The fourth-order valence-corrected chi connectivity index (χ4v) is 10.0. The summed E-state index contributed by atoms with van der Waals surface area (Å²) < 4.78 is 2.46. The molecule has 0 bridgehead atoms. The number of nitrogens with two attached hydrogens (primary N) is 1. The van der Waals surface area contributed by atoms with E-state index in [4.69, 9.17) is 5.73 Å². The van der Waals surface area contributed by atoms with Crippen molar-refractivity contribution in [3.8, 4) is 0 Å². The molecule has 1 aromatic heterocycles. The standard InChI is InChI=1S/C13H26N2Si/c1-10(2)16(11(3)4,12(5)6)15-8-7-13(14)9-15/h7-12H,14H2,1-6H3. The Morgan fingerprint density at radius 2 is 1.44 bits per heavy atom. The van der Waals surface area contributed by atoms with Gasteiger partial charge in [-0.3, -0.25) is 0 Å². The molecule has 0 saturated heterocycles. The van der Waals surface area contributed by atoms with E-state index in [2.05, 4.69) is 58.2 Å². The number of rotatable bonds is 4. The Morgan fingerprint density at radius 1 is 1.00 bits per heavy atom. The van der Waals surface area contributed by atoms with Gasteiger partial charge >= 0.3 is 0 Å². The van der Waals surface area contributed by atoms with E-state index in [1.807, 2.05) is 6.07 Å². The number of hydrogen-bond donors (Lipinski definition) is 1. The molecule has 0 aliphatic carbocycles. The van der Waals surface area contributed by atoms with Crippen molar-refractivity contribution >= 4 is 13.9 Å². The fraction of sp³-hybridized carbons (Fsp3) is 0.692. The summed E-state index contributed by atoms with van der Waals surface area (Å²) in [6, 6.07) is 2.02. The molecular weight excluding hydrogens is 212 g/mol. The van der Waals surface area contributed by atoms with Gasteiger partial charge in [0.15, 0.2) is 8.24 Å². The molecule has 0 fully saturated rings. The molecule has 0 aromatic carbocycles. The van der Waals surface area contributed by atoms with E-state index >= 15 is 0 Å². The van der Waals surface area contributed by atoms with Crippen LogP contribution in [0.25, 0.3) is 0 Å². The smallest absolute Gasteiger partial charge is 0.168 e. The Hall–Kier alpha value is -0.703. The normalized spacial score (nSPS) is 13.1. The minimum absolute atomic E-state index is 0.722. The molecule has 1 heterocycles. The highest BCUT2D eigenvalue weighted by atomic mass is 28.3. The Labute approximate surface area is 101 Å². The largest absolute Gasteiger partial charge is 0.398 e. The molecule has 1 aromatic rings. The summed E-state index contributed by atoms with van der Waals surface area (Å²) in [6.07, 6.45) is 4.31. The van der Waals surface area contributed by atoms with Crippen molar-refractivity contribution < 1.29 is 0 Å². The molecule has 1 rings (SSSR count). The third-order valence-electron chi connectivity index (χ3n) is 3.94. The first-order valence-electron chi connectivity index (χ1n) is 6.27. The molecule has 0 saturated carbocycles. The first-order valence-corrected chi connectivity index (χ1v) is 8.45. The van der Waals surface area contributed by atoms with Gasteiger partial charge in [0.25, 0.3) is 0 Å². The molecule has 0 amide bonds. The van der Waals surface area contributed by atoms with E-state index in [1.54, 1.807) is 0 Å². The summed E-state index contributed by atoms with van der Waals surface area (Å²) in [4.78, 5) is 0. The lowest BCUT2D eigenvalue weighted by Crippen LogP contribution is -2.51. The summed E-state index contributed by atoms with van der Waals surface area (Å²) >= 11 is 0. The van der Waals surface area contributed by atoms with Gasteiger partial charge in [0, 0.05) is 11.9 Å². The Morgan fingerprint density at radius 3 is 1.69 bits per heavy atom. The molecule has 0 aliphatic rings. The topological polar surface area (TPSA) is 30.9 Å². The van der Waals surface area contributed by atoms with Crippen LogP contribution in [0.4, 0.5) is 5.69 Å². The Balaban J connectivity index is 3.33. The number of anilines is 1. The number of nitrogens with zero attached hydrogens (tertiary/aromatic N) is 1. The maximum Gasteiger partial charge on any atom is 0.168 e. The predicted molar refractivity (Wildman–Crippen MR) is 75.3 cm³/mol. The van der Waals surface area contributed by atoms with Gasteiger partial charge in [0.05, 0.1) is 0 Å². The molecule has 0 aliphatic heterocycles. The molecule has 3 heteroatoms. The lowest BCUT2D eigenvalue weighted by Gasteiger charge is -2.44. The highest BCUT2D eigenvalue weighted by Gasteiger charge is 2.44. The van der Waals surface area contributed by atoms with Crippen molar-refractivity contribution in [2.24, 2.45) is 0 Å². The van der Waals surface area contributed by atoms with Gasteiger partial charge in [0.1, 0.15) is 0 Å². The monoisotopic (exact) mass is 238 g/mol. The first-order chi connectivity index (χ1) is 7.33. The molecular formula is C13H26N2Si. The second kappa shape index (κ2) is 4.66. The van der Waals surface area contributed by atoms with Crippen molar-refractivity contribution in [2.75, 3.05) is 5.73 Å². The van der Waals surface area contributed by atoms with Crippen LogP contribution in [0.3, 0.4) is 0 Å². The van der Waals surface area contributed by atoms with Gasteiger partial charge in [-0.05, 0) is 28.9 Å². The lowest BCUT2D eigenvalue weighted by molar-refractivity contribution is 0.766. The Bertz CT molecular complexity index is 318. The predicted octanol–water partition coefficient (Wildman–Crippen LogP) is 4.09. The molecule has 0 unspecified atom stereocenters. The van der Waals surface area contributed by atoms with E-state index < -0.39 is 8.24 Å². The fourth-order valence-electron chi connectivity index (χ4n) is 3.55. The number of aromatic nitrogens is 1. The SMILES string of the molecule is CC(C)[Si](C(C)C)(C(C)C)n1ccc(N)c1. The van der Waals surface area contributed by atoms with Gasteiger partial charge < -0.3 is 9.97 Å². The zero-order valence-corrected chi connectivity index (χ0v) is 12.5. The summed E-state index contributed by atoms with van der Waals surface area (Å²) in [5, 5.41) is 0. The minimum Gasteiger partial charge on any atom is -0.398 e. The average molecular weight is 238 g/mol. The molecule has 2 N–H and O–H groups in total. The quantitative estimate of drug-likeness (QED) is 0.787. The van der Waals surface area contributed by atoms with Crippen molar-refractivity contribution in [1.29, 1.82) is 0 Å². The molecule has 2 nitrogen and oxygen atoms in total. The van der Waals surface area contributed by atoms with Crippen LogP contribution in [0.5, 0.6) is 0 Å². The molecule has 0 spiro atoms. The highest BCUT2D eigenvalue weighted by Crippen LogP contribution is 2.42. The van der Waals surface area contributed by atoms with Crippen molar-refractivity contribution in [1.82, 2.24) is 4.23 Å². The van der Waals surface area contributed by atoms with Gasteiger partial charge in [-0.1, -0.05) is 41.5 Å². The Kier molecular flexibility index (Phi) is 3.89. The summed E-state index contributed by atoms with van der Waals surface area (Å²) in [5.74, 6) is 0. The van der Waals surface area contributed by atoms with Crippen LogP contribution < -0.4 is 5.73 Å². The molecule has 92 valence electrons. The average Bonchev–Trinajstić information content (AvgIpc) is 2.50. The molecule has 0 atom stereocenters. The number of nitrogen functional groups attached to an aromatic ring is 1. The highest BCUT2D eigenvalue weighted by molar-refractivity contribution is 6.82. The molecule has 0 radical (unpaired) electrons. The minimum atomic E-state index is -1.55. The summed E-state index contributed by atoms with van der Waals surface area (Å²) in [5.41, 5.74) is 8.93. The van der Waals surface area contributed by atoms with Crippen LogP contribution in [0.15, 0.2) is 18.5 Å². The van der Waals surface area contributed by atoms with Gasteiger partial charge in [-0.15, -0.1) is 0 Å². The van der Waals surface area contributed by atoms with Gasteiger partial charge in [-0.25, -0.2) is 0 Å². The van der Waals surface area contributed by atoms with Crippen LogP contribution in [-0.4, -0.2) is 12.5 Å². The zero-order valence-electron chi connectivity index (χ0n) is 11.5. The van der Waals surface area contributed by atoms with Crippen LogP contribution >= 0.6 is 0 Å². The van der Waals surface area contributed by atoms with Crippen LogP contribution in [0, 0.1) is 0 Å². The third kappa shape index (κ3) is 1.93. The lowest BCUT2D eigenvalue weighted by atomic mass is 10.5. The molecule has 16 heavy (non-hydrogen) atoms. The van der Waals surface area contributed by atoms with E-state index in [1.165, 1.54) is 0 Å². The van der Waals surface area contributed by atoms with Gasteiger partial charge in [0.2, 0.25) is 0 Å². The van der Waals surface area contributed by atoms with E-state index in [0.717, 1.165) is 22.3 Å². The van der Waals surface area contributed by atoms with Crippen LogP contribution in [0.2, 0.25) is 16.6 Å². The van der Waals surface area contributed by atoms with Crippen LogP contribution in [-0.2, 0) is 0 Å². The third-order valence-corrected chi connectivity index (χ3v) is 10.7. The first kappa shape index (κ1) is 13.4. The van der Waals surface area contributed by atoms with E-state index in [-0.39, 0.29) is 0 Å².